The monoisotopic (exact) mass is 380 g/mol. The molecule has 4 heteroatoms. The summed E-state index contributed by atoms with van der Waals surface area (Å²) >= 11 is 0. The number of hydrogen-bond donors (Lipinski definition) is 0. The molecule has 1 amide bonds. The minimum atomic E-state index is -0.0355. The van der Waals surface area contributed by atoms with E-state index in [1.54, 1.807) is 6.92 Å². The van der Waals surface area contributed by atoms with Gasteiger partial charge in [0, 0.05) is 25.7 Å². The van der Waals surface area contributed by atoms with Crippen LogP contribution in [0.1, 0.15) is 43.7 Å². The molecule has 0 unspecified atom stereocenters. The van der Waals surface area contributed by atoms with Gasteiger partial charge >= 0.3 is 0 Å². The first-order valence-corrected chi connectivity index (χ1v) is 10.9. The van der Waals surface area contributed by atoms with Crippen LogP contribution in [-0.4, -0.2) is 60.6 Å². The highest BCUT2D eigenvalue weighted by Gasteiger charge is 2.31. The second-order valence-corrected chi connectivity index (χ2v) is 8.53. The molecular weight excluding hydrogens is 348 g/mol. The molecule has 1 aromatic rings. The van der Waals surface area contributed by atoms with Crippen LogP contribution < -0.4 is 0 Å². The molecule has 150 valence electrons. The fourth-order valence-corrected chi connectivity index (χ4v) is 5.07. The van der Waals surface area contributed by atoms with E-state index in [1.165, 1.54) is 36.8 Å². The molecule has 3 aliphatic rings. The Morgan fingerprint density at radius 3 is 2.46 bits per heavy atom. The molecule has 28 heavy (non-hydrogen) atoms. The van der Waals surface area contributed by atoms with Crippen molar-refractivity contribution in [3.63, 3.8) is 0 Å². The summed E-state index contributed by atoms with van der Waals surface area (Å²) in [6, 6.07) is 9.55. The number of benzene rings is 1. The standard InChI is InChI=1S/C24H32N2O2/c1-2-6-24(27)26(18-23-9-5-14-28-23)17-19-10-12-25(13-11-19)22-15-20-7-3-4-8-21(20)16-22/h3-4,7-8,19,22-23H,5,9-18H2,1H3/t23-/m0/s1. The lowest BCUT2D eigenvalue weighted by atomic mass is 9.94. The van der Waals surface area contributed by atoms with Crippen LogP contribution in [0.3, 0.4) is 0 Å². The van der Waals surface area contributed by atoms with E-state index in [1.807, 2.05) is 4.90 Å². The van der Waals surface area contributed by atoms with E-state index in [2.05, 4.69) is 41.0 Å². The summed E-state index contributed by atoms with van der Waals surface area (Å²) < 4.78 is 5.77. The fourth-order valence-electron chi connectivity index (χ4n) is 5.07. The number of nitrogens with zero attached hydrogens (tertiary/aromatic N) is 2. The van der Waals surface area contributed by atoms with E-state index in [9.17, 15) is 4.79 Å². The number of piperidine rings is 1. The van der Waals surface area contributed by atoms with Crippen molar-refractivity contribution in [1.29, 1.82) is 0 Å². The average molecular weight is 381 g/mol. The lowest BCUT2D eigenvalue weighted by molar-refractivity contribution is -0.127. The summed E-state index contributed by atoms with van der Waals surface area (Å²) in [6.07, 6.45) is 7.08. The maximum Gasteiger partial charge on any atom is 0.298 e. The van der Waals surface area contributed by atoms with Gasteiger partial charge < -0.3 is 9.64 Å². The molecule has 0 bridgehead atoms. The quantitative estimate of drug-likeness (QED) is 0.737. The smallest absolute Gasteiger partial charge is 0.298 e. The van der Waals surface area contributed by atoms with Crippen molar-refractivity contribution in [2.75, 3.05) is 32.8 Å². The zero-order valence-corrected chi connectivity index (χ0v) is 17.0. The highest BCUT2D eigenvalue weighted by atomic mass is 16.5. The molecular formula is C24H32N2O2. The van der Waals surface area contributed by atoms with Crippen LogP contribution in [0.15, 0.2) is 24.3 Å². The highest BCUT2D eigenvalue weighted by Crippen LogP contribution is 2.29. The summed E-state index contributed by atoms with van der Waals surface area (Å²) in [4.78, 5) is 17.1. The van der Waals surface area contributed by atoms with Crippen LogP contribution in [0.25, 0.3) is 0 Å². The first-order chi connectivity index (χ1) is 13.7. The van der Waals surface area contributed by atoms with E-state index >= 15 is 0 Å². The maximum atomic E-state index is 12.5. The van der Waals surface area contributed by atoms with Gasteiger partial charge in [0.25, 0.3) is 5.91 Å². The Morgan fingerprint density at radius 2 is 1.86 bits per heavy atom. The Morgan fingerprint density at radius 1 is 1.14 bits per heavy atom. The van der Waals surface area contributed by atoms with Crippen molar-refractivity contribution >= 4 is 5.91 Å². The molecule has 4 rings (SSSR count). The Balaban J connectivity index is 1.29. The number of carbonyl (C=O) groups excluding carboxylic acids is 1. The average Bonchev–Trinajstić information content (AvgIpc) is 3.37. The summed E-state index contributed by atoms with van der Waals surface area (Å²) in [7, 11) is 0. The molecule has 0 saturated carbocycles. The second-order valence-electron chi connectivity index (χ2n) is 8.53. The Labute approximate surface area is 169 Å². The molecule has 0 spiro atoms. The zero-order chi connectivity index (χ0) is 19.3. The third-order valence-electron chi connectivity index (χ3n) is 6.64. The van der Waals surface area contributed by atoms with E-state index in [4.69, 9.17) is 4.74 Å². The van der Waals surface area contributed by atoms with E-state index in [0.29, 0.717) is 18.5 Å². The van der Waals surface area contributed by atoms with Crippen LogP contribution in [0, 0.1) is 17.8 Å². The number of amides is 1. The van der Waals surface area contributed by atoms with Crippen molar-refractivity contribution in [3.8, 4) is 11.8 Å². The molecule has 2 fully saturated rings. The lowest BCUT2D eigenvalue weighted by Crippen LogP contribution is -2.46. The van der Waals surface area contributed by atoms with Gasteiger partial charge in [0.15, 0.2) is 0 Å². The summed E-state index contributed by atoms with van der Waals surface area (Å²) in [5.74, 6) is 6.05. The van der Waals surface area contributed by atoms with Gasteiger partial charge in [-0.1, -0.05) is 30.2 Å². The van der Waals surface area contributed by atoms with Crippen LogP contribution in [0.5, 0.6) is 0 Å². The molecule has 1 atom stereocenters. The van der Waals surface area contributed by atoms with Crippen molar-refractivity contribution in [2.24, 2.45) is 5.92 Å². The zero-order valence-electron chi connectivity index (χ0n) is 17.0. The van der Waals surface area contributed by atoms with Gasteiger partial charge in [-0.15, -0.1) is 0 Å². The molecule has 0 N–H and O–H groups in total. The number of hydrogen-bond acceptors (Lipinski definition) is 3. The minimum Gasteiger partial charge on any atom is -0.376 e. The van der Waals surface area contributed by atoms with Crippen LogP contribution in [-0.2, 0) is 22.4 Å². The largest absolute Gasteiger partial charge is 0.376 e. The Bertz CT molecular complexity index is 711. The number of likely N-dealkylation sites (tertiary alicyclic amines) is 1. The van der Waals surface area contributed by atoms with Crippen LogP contribution in [0.2, 0.25) is 0 Å². The van der Waals surface area contributed by atoms with Gasteiger partial charge in [0.1, 0.15) is 0 Å². The SMILES string of the molecule is CC#CC(=O)N(CC1CCN(C2Cc3ccccc3C2)CC1)C[C@@H]1CCCO1. The molecule has 0 aromatic heterocycles. The molecule has 1 aliphatic carbocycles. The topological polar surface area (TPSA) is 32.8 Å². The third-order valence-corrected chi connectivity index (χ3v) is 6.64. The van der Waals surface area contributed by atoms with Crippen LogP contribution in [0.4, 0.5) is 0 Å². The second kappa shape index (κ2) is 9.11. The summed E-state index contributed by atoms with van der Waals surface area (Å²) in [5, 5.41) is 0. The van der Waals surface area contributed by atoms with E-state index < -0.39 is 0 Å². The Hall–Kier alpha value is -1.83. The molecule has 2 heterocycles. The van der Waals surface area contributed by atoms with Gasteiger partial charge in [-0.2, -0.15) is 0 Å². The predicted molar refractivity (Wildman–Crippen MR) is 111 cm³/mol. The number of rotatable bonds is 5. The predicted octanol–water partition coefficient (Wildman–Crippen LogP) is 2.90. The molecule has 2 aliphatic heterocycles. The summed E-state index contributed by atoms with van der Waals surface area (Å²) in [5.41, 5.74) is 3.06. The molecule has 4 nitrogen and oxygen atoms in total. The van der Waals surface area contributed by atoms with Gasteiger partial charge in [-0.25, -0.2) is 0 Å². The van der Waals surface area contributed by atoms with Crippen molar-refractivity contribution < 1.29 is 9.53 Å². The first kappa shape index (κ1) is 19.5. The fraction of sp³-hybridized carbons (Fsp3) is 0.625. The molecule has 1 aromatic carbocycles. The van der Waals surface area contributed by atoms with Gasteiger partial charge in [-0.3, -0.25) is 9.69 Å². The molecule has 0 radical (unpaired) electrons. The van der Waals surface area contributed by atoms with Gasteiger partial charge in [0.05, 0.1) is 6.10 Å². The normalized spacial score (nSPS) is 23.2. The minimum absolute atomic E-state index is 0.0355. The number of carbonyl (C=O) groups is 1. The van der Waals surface area contributed by atoms with Gasteiger partial charge in [-0.05, 0) is 81.5 Å². The third kappa shape index (κ3) is 4.59. The van der Waals surface area contributed by atoms with E-state index in [-0.39, 0.29) is 12.0 Å². The Kier molecular flexibility index (Phi) is 6.34. The number of ether oxygens (including phenoxy) is 1. The van der Waals surface area contributed by atoms with Crippen molar-refractivity contribution in [2.45, 2.75) is 57.6 Å². The van der Waals surface area contributed by atoms with E-state index in [0.717, 1.165) is 39.1 Å². The number of fused-ring (bicyclic) bond motifs is 1. The highest BCUT2D eigenvalue weighted by molar-refractivity contribution is 5.93. The van der Waals surface area contributed by atoms with Crippen molar-refractivity contribution in [3.05, 3.63) is 35.4 Å². The van der Waals surface area contributed by atoms with Crippen molar-refractivity contribution in [1.82, 2.24) is 9.80 Å². The van der Waals surface area contributed by atoms with Gasteiger partial charge in [0.2, 0.25) is 0 Å². The van der Waals surface area contributed by atoms with Crippen LogP contribution >= 0.6 is 0 Å². The lowest BCUT2D eigenvalue weighted by Gasteiger charge is -2.38. The molecule has 2 saturated heterocycles. The maximum absolute atomic E-state index is 12.5. The summed E-state index contributed by atoms with van der Waals surface area (Å²) in [6.45, 7) is 6.38. The first-order valence-electron chi connectivity index (χ1n) is 10.9.